The highest BCUT2D eigenvalue weighted by Crippen LogP contribution is 2.11. The molecule has 5 nitrogen and oxygen atoms in total. The highest BCUT2D eigenvalue weighted by atomic mass is 16.5. The van der Waals surface area contributed by atoms with Crippen LogP contribution in [0.4, 0.5) is 0 Å². The summed E-state index contributed by atoms with van der Waals surface area (Å²) in [6.07, 6.45) is -0.930. The van der Waals surface area contributed by atoms with Crippen LogP contribution in [0.15, 0.2) is 0 Å². The first-order valence-electron chi connectivity index (χ1n) is 4.55. The van der Waals surface area contributed by atoms with Crippen molar-refractivity contribution in [2.24, 2.45) is 0 Å². The SMILES string of the molecule is O[C@@H]1COCC1N[C@H]1COC[C@@H]1O. The molecule has 0 aromatic rings. The summed E-state index contributed by atoms with van der Waals surface area (Å²) in [6.45, 7) is 1.76. The Kier molecular flexibility index (Phi) is 2.80. The maximum atomic E-state index is 9.43. The zero-order valence-corrected chi connectivity index (χ0v) is 7.35. The van der Waals surface area contributed by atoms with Crippen LogP contribution >= 0.6 is 0 Å². The molecule has 2 heterocycles. The molecule has 13 heavy (non-hydrogen) atoms. The number of hydrogen-bond acceptors (Lipinski definition) is 5. The number of aliphatic hydroxyl groups is 2. The van der Waals surface area contributed by atoms with E-state index in [9.17, 15) is 10.2 Å². The minimum atomic E-state index is -0.465. The zero-order valence-electron chi connectivity index (χ0n) is 7.35. The Labute approximate surface area is 76.6 Å². The Morgan fingerprint density at radius 2 is 1.31 bits per heavy atom. The van der Waals surface area contributed by atoms with Gasteiger partial charge in [0.15, 0.2) is 0 Å². The van der Waals surface area contributed by atoms with Gasteiger partial charge in [0.25, 0.3) is 0 Å². The van der Waals surface area contributed by atoms with Crippen molar-refractivity contribution in [1.29, 1.82) is 0 Å². The molecule has 2 aliphatic rings. The van der Waals surface area contributed by atoms with Gasteiger partial charge >= 0.3 is 0 Å². The number of nitrogens with one attached hydrogen (secondary N) is 1. The van der Waals surface area contributed by atoms with E-state index in [1.807, 2.05) is 0 Å². The summed E-state index contributed by atoms with van der Waals surface area (Å²) in [6, 6.07) is -0.136. The zero-order chi connectivity index (χ0) is 9.26. The van der Waals surface area contributed by atoms with Gasteiger partial charge in [-0.3, -0.25) is 0 Å². The normalized spacial score (nSPS) is 45.7. The van der Waals surface area contributed by atoms with Crippen molar-refractivity contribution in [3.05, 3.63) is 0 Å². The first kappa shape index (κ1) is 9.36. The lowest BCUT2D eigenvalue weighted by molar-refractivity contribution is 0.109. The molecule has 2 saturated heterocycles. The second kappa shape index (κ2) is 3.89. The average Bonchev–Trinajstić information content (AvgIpc) is 2.65. The van der Waals surface area contributed by atoms with E-state index in [1.54, 1.807) is 0 Å². The number of aliphatic hydroxyl groups excluding tert-OH is 2. The summed E-state index contributed by atoms with van der Waals surface area (Å²) in [5.41, 5.74) is 0. The van der Waals surface area contributed by atoms with Crippen LogP contribution < -0.4 is 5.32 Å². The van der Waals surface area contributed by atoms with Gasteiger partial charge in [0.05, 0.1) is 50.7 Å². The monoisotopic (exact) mass is 189 g/mol. The van der Waals surface area contributed by atoms with E-state index >= 15 is 0 Å². The molecule has 0 aromatic heterocycles. The summed E-state index contributed by atoms with van der Waals surface area (Å²) in [4.78, 5) is 0. The predicted octanol–water partition coefficient (Wildman–Crippen LogP) is -1.90. The van der Waals surface area contributed by atoms with Crippen LogP contribution in [0.5, 0.6) is 0 Å². The van der Waals surface area contributed by atoms with E-state index in [0.29, 0.717) is 26.4 Å². The molecule has 0 spiro atoms. The lowest BCUT2D eigenvalue weighted by atomic mass is 10.1. The molecule has 1 unspecified atom stereocenters. The maximum Gasteiger partial charge on any atom is 0.0948 e. The van der Waals surface area contributed by atoms with Crippen molar-refractivity contribution in [2.45, 2.75) is 24.3 Å². The van der Waals surface area contributed by atoms with Crippen molar-refractivity contribution in [3.8, 4) is 0 Å². The van der Waals surface area contributed by atoms with Crippen molar-refractivity contribution in [1.82, 2.24) is 5.32 Å². The number of hydrogen-bond donors (Lipinski definition) is 3. The van der Waals surface area contributed by atoms with Crippen LogP contribution in [0, 0.1) is 0 Å². The Morgan fingerprint density at radius 3 is 1.62 bits per heavy atom. The second-order valence-corrected chi connectivity index (χ2v) is 3.59. The van der Waals surface area contributed by atoms with E-state index in [4.69, 9.17) is 9.47 Å². The standard InChI is InChI=1S/C8H15NO4/c10-7-3-12-1-5(7)9-6-2-13-4-8(6)11/h5-11H,1-4H2/t5-,6?,7-,8+/m0/s1. The molecular weight excluding hydrogens is 174 g/mol. The van der Waals surface area contributed by atoms with Crippen LogP contribution in [0.25, 0.3) is 0 Å². The maximum absolute atomic E-state index is 9.43. The third-order valence-corrected chi connectivity index (χ3v) is 2.53. The highest BCUT2D eigenvalue weighted by Gasteiger charge is 2.33. The predicted molar refractivity (Wildman–Crippen MR) is 44.4 cm³/mol. The molecule has 2 fully saturated rings. The summed E-state index contributed by atoms with van der Waals surface area (Å²) >= 11 is 0. The number of rotatable bonds is 2. The van der Waals surface area contributed by atoms with Crippen molar-refractivity contribution in [2.75, 3.05) is 26.4 Å². The molecule has 0 saturated carbocycles. The van der Waals surface area contributed by atoms with Gasteiger partial charge in [-0.1, -0.05) is 0 Å². The topological polar surface area (TPSA) is 71.0 Å². The lowest BCUT2D eigenvalue weighted by Gasteiger charge is -2.21. The van der Waals surface area contributed by atoms with Gasteiger partial charge in [-0.05, 0) is 0 Å². The fraction of sp³-hybridized carbons (Fsp3) is 1.00. The molecule has 0 radical (unpaired) electrons. The molecule has 76 valence electrons. The van der Waals surface area contributed by atoms with E-state index in [-0.39, 0.29) is 12.1 Å². The van der Waals surface area contributed by atoms with Crippen molar-refractivity contribution >= 4 is 0 Å². The van der Waals surface area contributed by atoms with Gasteiger partial charge < -0.3 is 25.0 Å². The molecule has 0 amide bonds. The van der Waals surface area contributed by atoms with E-state index < -0.39 is 12.2 Å². The Morgan fingerprint density at radius 1 is 0.846 bits per heavy atom. The molecule has 0 aromatic carbocycles. The average molecular weight is 189 g/mol. The highest BCUT2D eigenvalue weighted by molar-refractivity contribution is 4.89. The largest absolute Gasteiger partial charge is 0.389 e. The van der Waals surface area contributed by atoms with Gasteiger partial charge in [0, 0.05) is 0 Å². The minimum Gasteiger partial charge on any atom is -0.389 e. The molecule has 0 aliphatic carbocycles. The van der Waals surface area contributed by atoms with Crippen molar-refractivity contribution in [3.63, 3.8) is 0 Å². The second-order valence-electron chi connectivity index (χ2n) is 3.59. The molecule has 2 aliphatic heterocycles. The van der Waals surface area contributed by atoms with E-state index in [2.05, 4.69) is 5.32 Å². The van der Waals surface area contributed by atoms with E-state index in [0.717, 1.165) is 0 Å². The molecule has 0 bridgehead atoms. The van der Waals surface area contributed by atoms with Gasteiger partial charge in [-0.25, -0.2) is 0 Å². The molecule has 2 rings (SSSR count). The smallest absolute Gasteiger partial charge is 0.0948 e. The third kappa shape index (κ3) is 2.00. The van der Waals surface area contributed by atoms with Gasteiger partial charge in [-0.2, -0.15) is 0 Å². The molecule has 3 N–H and O–H groups in total. The molecular formula is C8H15NO4. The van der Waals surface area contributed by atoms with Crippen LogP contribution in [-0.2, 0) is 9.47 Å². The fourth-order valence-corrected chi connectivity index (χ4v) is 1.68. The van der Waals surface area contributed by atoms with Gasteiger partial charge in [-0.15, -0.1) is 0 Å². The van der Waals surface area contributed by atoms with Gasteiger partial charge in [0.2, 0.25) is 0 Å². The van der Waals surface area contributed by atoms with Crippen LogP contribution in [0.3, 0.4) is 0 Å². The molecule has 4 atom stereocenters. The van der Waals surface area contributed by atoms with Crippen LogP contribution in [0.2, 0.25) is 0 Å². The van der Waals surface area contributed by atoms with Crippen molar-refractivity contribution < 1.29 is 19.7 Å². The first-order valence-corrected chi connectivity index (χ1v) is 4.55. The third-order valence-electron chi connectivity index (χ3n) is 2.53. The fourth-order valence-electron chi connectivity index (χ4n) is 1.68. The Bertz CT molecular complexity index is 160. The number of ether oxygens (including phenoxy) is 2. The summed E-state index contributed by atoms with van der Waals surface area (Å²) < 4.78 is 10.2. The minimum absolute atomic E-state index is 0.0682. The van der Waals surface area contributed by atoms with Gasteiger partial charge in [0.1, 0.15) is 0 Å². The Hall–Kier alpha value is -0.200. The summed E-state index contributed by atoms with van der Waals surface area (Å²) in [5.74, 6) is 0. The first-order chi connectivity index (χ1) is 6.27. The summed E-state index contributed by atoms with van der Waals surface area (Å²) in [7, 11) is 0. The Balaban J connectivity index is 1.82. The summed E-state index contributed by atoms with van der Waals surface area (Å²) in [5, 5.41) is 22.0. The van der Waals surface area contributed by atoms with E-state index in [1.165, 1.54) is 0 Å². The van der Waals surface area contributed by atoms with Crippen LogP contribution in [-0.4, -0.2) is 60.9 Å². The van der Waals surface area contributed by atoms with Crippen LogP contribution in [0.1, 0.15) is 0 Å². The lowest BCUT2D eigenvalue weighted by Crippen LogP contribution is -2.49. The molecule has 5 heteroatoms. The quantitative estimate of drug-likeness (QED) is 0.473.